The molecule has 1 aromatic heterocycles. The summed E-state index contributed by atoms with van der Waals surface area (Å²) in [5.74, 6) is 0. The van der Waals surface area contributed by atoms with Crippen LogP contribution in [0.3, 0.4) is 0 Å². The molecule has 0 saturated heterocycles. The van der Waals surface area contributed by atoms with E-state index in [0.717, 1.165) is 5.56 Å². The molecule has 84 valence electrons. The molecule has 0 aliphatic carbocycles. The minimum Gasteiger partial charge on any atom is -0.311 e. The summed E-state index contributed by atoms with van der Waals surface area (Å²) >= 11 is 0. The van der Waals surface area contributed by atoms with Gasteiger partial charge in [-0.05, 0) is 24.6 Å². The molecular formula is C14H12N2O. The molecule has 0 bridgehead atoms. The van der Waals surface area contributed by atoms with E-state index in [4.69, 9.17) is 5.26 Å². The first-order chi connectivity index (χ1) is 8.22. The van der Waals surface area contributed by atoms with Crippen molar-refractivity contribution >= 4 is 0 Å². The van der Waals surface area contributed by atoms with Crippen LogP contribution in [0.25, 0.3) is 0 Å². The smallest absolute Gasteiger partial charge is 0.253 e. The van der Waals surface area contributed by atoms with Crippen LogP contribution in [-0.4, -0.2) is 4.57 Å². The van der Waals surface area contributed by atoms with Gasteiger partial charge in [0.05, 0.1) is 18.2 Å². The molecule has 0 atom stereocenters. The van der Waals surface area contributed by atoms with E-state index >= 15 is 0 Å². The molecule has 0 amide bonds. The van der Waals surface area contributed by atoms with Crippen LogP contribution in [0.15, 0.2) is 47.4 Å². The number of nitriles is 1. The summed E-state index contributed by atoms with van der Waals surface area (Å²) < 4.78 is 1.62. The largest absolute Gasteiger partial charge is 0.311 e. The molecule has 17 heavy (non-hydrogen) atoms. The van der Waals surface area contributed by atoms with Crippen molar-refractivity contribution in [2.75, 3.05) is 0 Å². The van der Waals surface area contributed by atoms with Crippen molar-refractivity contribution < 1.29 is 0 Å². The van der Waals surface area contributed by atoms with Crippen molar-refractivity contribution in [2.24, 2.45) is 0 Å². The zero-order chi connectivity index (χ0) is 12.3. The minimum atomic E-state index is -0.0137. The molecule has 0 saturated carbocycles. The molecule has 0 aliphatic heterocycles. The maximum atomic E-state index is 11.9. The molecule has 0 spiro atoms. The summed E-state index contributed by atoms with van der Waals surface area (Å²) in [7, 11) is 0. The molecule has 0 unspecified atom stereocenters. The van der Waals surface area contributed by atoms with Crippen molar-refractivity contribution in [2.45, 2.75) is 13.5 Å². The first kappa shape index (κ1) is 11.2. The highest BCUT2D eigenvalue weighted by molar-refractivity contribution is 5.37. The Morgan fingerprint density at radius 1 is 1.24 bits per heavy atom. The fraction of sp³-hybridized carbons (Fsp3) is 0.143. The highest BCUT2D eigenvalue weighted by atomic mass is 16.1. The quantitative estimate of drug-likeness (QED) is 0.784. The Morgan fingerprint density at radius 2 is 2.00 bits per heavy atom. The summed E-state index contributed by atoms with van der Waals surface area (Å²) in [6.07, 6.45) is 1.74. The maximum absolute atomic E-state index is 11.9. The number of hydrogen-bond donors (Lipinski definition) is 0. The Bertz CT molecular complexity index is 635. The Hall–Kier alpha value is -2.34. The van der Waals surface area contributed by atoms with Gasteiger partial charge in [-0.2, -0.15) is 5.26 Å². The Morgan fingerprint density at radius 3 is 2.76 bits per heavy atom. The van der Waals surface area contributed by atoms with Gasteiger partial charge < -0.3 is 4.57 Å². The van der Waals surface area contributed by atoms with Gasteiger partial charge in [0.25, 0.3) is 5.56 Å². The van der Waals surface area contributed by atoms with Crippen LogP contribution in [-0.2, 0) is 6.54 Å². The van der Waals surface area contributed by atoms with Gasteiger partial charge >= 0.3 is 0 Å². The summed E-state index contributed by atoms with van der Waals surface area (Å²) in [6.45, 7) is 2.22. The van der Waals surface area contributed by atoms with Gasteiger partial charge in [-0.1, -0.05) is 24.3 Å². The van der Waals surface area contributed by atoms with Crippen LogP contribution in [0.1, 0.15) is 16.7 Å². The first-order valence-corrected chi connectivity index (χ1v) is 5.36. The standard InChI is InChI=1S/C14H12N2O/c1-11-5-4-8-16(14(11)17)10-13-7-3-2-6-12(13)9-15/h2-8H,10H2,1H3. The second-order valence-corrected chi connectivity index (χ2v) is 3.89. The van der Waals surface area contributed by atoms with Crippen molar-refractivity contribution in [3.63, 3.8) is 0 Å². The third kappa shape index (κ3) is 2.26. The van der Waals surface area contributed by atoms with Gasteiger partial charge in [-0.15, -0.1) is 0 Å². The second kappa shape index (κ2) is 4.67. The van der Waals surface area contributed by atoms with Crippen LogP contribution >= 0.6 is 0 Å². The van der Waals surface area contributed by atoms with Crippen LogP contribution in [0, 0.1) is 18.3 Å². The van der Waals surface area contributed by atoms with Gasteiger partial charge in [0.2, 0.25) is 0 Å². The number of nitrogens with zero attached hydrogens (tertiary/aromatic N) is 2. The van der Waals surface area contributed by atoms with Crippen molar-refractivity contribution in [1.29, 1.82) is 5.26 Å². The molecule has 2 aromatic rings. The van der Waals surface area contributed by atoms with E-state index < -0.39 is 0 Å². The molecule has 0 radical (unpaired) electrons. The van der Waals surface area contributed by atoms with Crippen molar-refractivity contribution in [3.8, 4) is 6.07 Å². The van der Waals surface area contributed by atoms with E-state index in [9.17, 15) is 4.79 Å². The SMILES string of the molecule is Cc1cccn(Cc2ccccc2C#N)c1=O. The first-order valence-electron chi connectivity index (χ1n) is 5.36. The zero-order valence-corrected chi connectivity index (χ0v) is 9.55. The number of hydrogen-bond acceptors (Lipinski definition) is 2. The summed E-state index contributed by atoms with van der Waals surface area (Å²) in [5, 5.41) is 8.98. The average molecular weight is 224 g/mol. The monoisotopic (exact) mass is 224 g/mol. The molecule has 2 rings (SSSR count). The molecule has 1 aromatic carbocycles. The van der Waals surface area contributed by atoms with Gasteiger partial charge in [-0.3, -0.25) is 4.79 Å². The zero-order valence-electron chi connectivity index (χ0n) is 9.55. The number of rotatable bonds is 2. The molecule has 3 nitrogen and oxygen atoms in total. The molecule has 3 heteroatoms. The van der Waals surface area contributed by atoms with Crippen LogP contribution in [0.2, 0.25) is 0 Å². The predicted molar refractivity (Wildman–Crippen MR) is 65.7 cm³/mol. The summed E-state index contributed by atoms with van der Waals surface area (Å²) in [4.78, 5) is 11.9. The number of aryl methyl sites for hydroxylation is 1. The summed E-state index contributed by atoms with van der Waals surface area (Å²) in [6, 6.07) is 13.1. The van der Waals surface area contributed by atoms with E-state index in [1.54, 1.807) is 29.8 Å². The Kier molecular flexibility index (Phi) is 3.06. The number of pyridine rings is 1. The molecule has 0 N–H and O–H groups in total. The normalized spacial score (nSPS) is 9.88. The van der Waals surface area contributed by atoms with Crippen LogP contribution < -0.4 is 5.56 Å². The average Bonchev–Trinajstić information content (AvgIpc) is 2.35. The van der Waals surface area contributed by atoms with E-state index in [2.05, 4.69) is 6.07 Å². The predicted octanol–water partition coefficient (Wildman–Crippen LogP) is 2.08. The lowest BCUT2D eigenvalue weighted by Gasteiger charge is -2.07. The fourth-order valence-electron chi connectivity index (χ4n) is 1.73. The van der Waals surface area contributed by atoms with Crippen LogP contribution in [0.4, 0.5) is 0 Å². The lowest BCUT2D eigenvalue weighted by atomic mass is 10.1. The minimum absolute atomic E-state index is 0.0137. The molecular weight excluding hydrogens is 212 g/mol. The lowest BCUT2D eigenvalue weighted by molar-refractivity contribution is 0.751. The van der Waals surface area contributed by atoms with Gasteiger partial charge in [-0.25, -0.2) is 0 Å². The number of benzene rings is 1. The Balaban J connectivity index is 2.43. The lowest BCUT2D eigenvalue weighted by Crippen LogP contribution is -2.21. The van der Waals surface area contributed by atoms with E-state index in [-0.39, 0.29) is 5.56 Å². The molecule has 1 heterocycles. The van der Waals surface area contributed by atoms with Gasteiger partial charge in [0.15, 0.2) is 0 Å². The van der Waals surface area contributed by atoms with E-state index in [1.807, 2.05) is 24.3 Å². The van der Waals surface area contributed by atoms with Crippen LogP contribution in [0.5, 0.6) is 0 Å². The van der Waals surface area contributed by atoms with E-state index in [0.29, 0.717) is 17.7 Å². The van der Waals surface area contributed by atoms with Gasteiger partial charge in [0, 0.05) is 11.8 Å². The third-order valence-corrected chi connectivity index (χ3v) is 2.69. The highest BCUT2D eigenvalue weighted by Crippen LogP contribution is 2.08. The van der Waals surface area contributed by atoms with Crippen molar-refractivity contribution in [1.82, 2.24) is 4.57 Å². The maximum Gasteiger partial charge on any atom is 0.253 e. The van der Waals surface area contributed by atoms with Gasteiger partial charge in [0.1, 0.15) is 0 Å². The Labute approximate surface area is 99.6 Å². The third-order valence-electron chi connectivity index (χ3n) is 2.69. The molecule has 0 fully saturated rings. The second-order valence-electron chi connectivity index (χ2n) is 3.89. The van der Waals surface area contributed by atoms with E-state index in [1.165, 1.54) is 0 Å². The molecule has 0 aliphatic rings. The highest BCUT2D eigenvalue weighted by Gasteiger charge is 2.03. The fourth-order valence-corrected chi connectivity index (χ4v) is 1.73. The summed E-state index contributed by atoms with van der Waals surface area (Å²) in [5.41, 5.74) is 2.17. The topological polar surface area (TPSA) is 45.8 Å². The number of aromatic nitrogens is 1. The van der Waals surface area contributed by atoms with Crippen molar-refractivity contribution in [3.05, 3.63) is 69.6 Å².